The summed E-state index contributed by atoms with van der Waals surface area (Å²) in [5.41, 5.74) is 1.62. The van der Waals surface area contributed by atoms with E-state index in [9.17, 15) is 4.79 Å². The molecule has 0 spiro atoms. The highest BCUT2D eigenvalue weighted by atomic mass is 16.5. The summed E-state index contributed by atoms with van der Waals surface area (Å²) in [6, 6.07) is 19.2. The van der Waals surface area contributed by atoms with E-state index < -0.39 is 5.92 Å². The minimum Gasteiger partial charge on any atom is -0.493 e. The molecule has 0 aliphatic carbocycles. The van der Waals surface area contributed by atoms with Gasteiger partial charge in [-0.3, -0.25) is 4.79 Å². The van der Waals surface area contributed by atoms with Crippen LogP contribution in [0.25, 0.3) is 10.8 Å². The lowest BCUT2D eigenvalue weighted by atomic mass is 9.97. The SMILES string of the molecule is COc1ccc(CC(C(=O)Nc2cccc3ccccc23)c2nn[nH]n2)cc1OC. The van der Waals surface area contributed by atoms with Crippen molar-refractivity contribution >= 4 is 22.4 Å². The Kier molecular flexibility index (Phi) is 5.56. The predicted octanol–water partition coefficient (Wildman–Crippen LogP) is 3.34. The third-order valence-electron chi connectivity index (χ3n) is 4.93. The summed E-state index contributed by atoms with van der Waals surface area (Å²) >= 11 is 0. The standard InChI is InChI=1S/C22H21N5O3/c1-29-19-11-10-14(13-20(19)30-2)12-17(21-24-26-27-25-21)22(28)23-18-9-5-7-15-6-3-4-8-16(15)18/h3-11,13,17H,12H2,1-2H3,(H,23,28)(H,24,25,26,27). The summed E-state index contributed by atoms with van der Waals surface area (Å²) < 4.78 is 10.7. The normalized spacial score (nSPS) is 11.8. The number of carbonyl (C=O) groups excluding carboxylic acids is 1. The van der Waals surface area contributed by atoms with Crippen LogP contribution in [0.3, 0.4) is 0 Å². The van der Waals surface area contributed by atoms with Gasteiger partial charge in [-0.25, -0.2) is 0 Å². The largest absolute Gasteiger partial charge is 0.493 e. The number of hydrogen-bond donors (Lipinski definition) is 2. The van der Waals surface area contributed by atoms with Crippen LogP contribution >= 0.6 is 0 Å². The van der Waals surface area contributed by atoms with E-state index in [0.717, 1.165) is 22.0 Å². The number of amides is 1. The Hall–Kier alpha value is -3.94. The first-order valence-electron chi connectivity index (χ1n) is 9.42. The highest BCUT2D eigenvalue weighted by Crippen LogP contribution is 2.30. The van der Waals surface area contributed by atoms with Crippen LogP contribution in [-0.4, -0.2) is 40.8 Å². The van der Waals surface area contributed by atoms with Gasteiger partial charge < -0.3 is 14.8 Å². The molecule has 8 heteroatoms. The molecule has 0 fully saturated rings. The van der Waals surface area contributed by atoms with Crippen molar-refractivity contribution in [2.45, 2.75) is 12.3 Å². The molecule has 1 heterocycles. The summed E-state index contributed by atoms with van der Waals surface area (Å²) in [6.45, 7) is 0. The van der Waals surface area contributed by atoms with Crippen LogP contribution in [0.5, 0.6) is 11.5 Å². The fraction of sp³-hybridized carbons (Fsp3) is 0.182. The van der Waals surface area contributed by atoms with Crippen LogP contribution in [-0.2, 0) is 11.2 Å². The number of hydrogen-bond acceptors (Lipinski definition) is 6. The second-order valence-electron chi connectivity index (χ2n) is 6.73. The Morgan fingerprint density at radius 2 is 1.83 bits per heavy atom. The minimum absolute atomic E-state index is 0.220. The van der Waals surface area contributed by atoms with Crippen molar-refractivity contribution < 1.29 is 14.3 Å². The number of tetrazole rings is 1. The molecule has 3 aromatic carbocycles. The monoisotopic (exact) mass is 403 g/mol. The quantitative estimate of drug-likeness (QED) is 0.491. The van der Waals surface area contributed by atoms with E-state index in [4.69, 9.17) is 9.47 Å². The summed E-state index contributed by atoms with van der Waals surface area (Å²) in [6.07, 6.45) is 0.372. The van der Waals surface area contributed by atoms with Crippen molar-refractivity contribution in [3.8, 4) is 11.5 Å². The lowest BCUT2D eigenvalue weighted by Gasteiger charge is -2.16. The molecule has 8 nitrogen and oxygen atoms in total. The number of benzene rings is 3. The van der Waals surface area contributed by atoms with Gasteiger partial charge in [0.05, 0.1) is 14.2 Å². The molecule has 152 valence electrons. The first kappa shape index (κ1) is 19.4. The number of rotatable bonds is 7. The Balaban J connectivity index is 1.64. The molecule has 0 saturated heterocycles. The van der Waals surface area contributed by atoms with Gasteiger partial charge in [0.25, 0.3) is 0 Å². The fourth-order valence-corrected chi connectivity index (χ4v) is 3.42. The van der Waals surface area contributed by atoms with E-state index in [0.29, 0.717) is 23.7 Å². The first-order chi connectivity index (χ1) is 14.7. The zero-order valence-corrected chi connectivity index (χ0v) is 16.6. The van der Waals surface area contributed by atoms with Gasteiger partial charge in [-0.05, 0) is 35.6 Å². The van der Waals surface area contributed by atoms with Gasteiger partial charge in [0.2, 0.25) is 5.91 Å². The maximum atomic E-state index is 13.2. The Morgan fingerprint density at radius 3 is 2.60 bits per heavy atom. The molecule has 2 N–H and O–H groups in total. The Bertz CT molecular complexity index is 1160. The summed E-state index contributed by atoms with van der Waals surface area (Å²) in [7, 11) is 3.16. The van der Waals surface area contributed by atoms with E-state index in [1.165, 1.54) is 0 Å². The van der Waals surface area contributed by atoms with Gasteiger partial charge >= 0.3 is 0 Å². The summed E-state index contributed by atoms with van der Waals surface area (Å²) in [5, 5.41) is 19.2. The number of anilines is 1. The minimum atomic E-state index is -0.638. The predicted molar refractivity (Wildman–Crippen MR) is 113 cm³/mol. The molecule has 4 rings (SSSR count). The van der Waals surface area contributed by atoms with Gasteiger partial charge in [0.1, 0.15) is 5.92 Å². The molecule has 0 radical (unpaired) electrons. The third-order valence-corrected chi connectivity index (χ3v) is 4.93. The molecule has 0 saturated carbocycles. The molecule has 1 unspecified atom stereocenters. The van der Waals surface area contributed by atoms with Crippen molar-refractivity contribution in [2.24, 2.45) is 0 Å². The first-order valence-corrected chi connectivity index (χ1v) is 9.42. The van der Waals surface area contributed by atoms with E-state index >= 15 is 0 Å². The molecule has 0 bridgehead atoms. The van der Waals surface area contributed by atoms with Crippen molar-refractivity contribution in [1.82, 2.24) is 20.6 Å². The summed E-state index contributed by atoms with van der Waals surface area (Å²) in [5.74, 6) is 0.680. The van der Waals surface area contributed by atoms with E-state index in [2.05, 4.69) is 25.9 Å². The van der Waals surface area contributed by atoms with Crippen molar-refractivity contribution in [1.29, 1.82) is 0 Å². The highest BCUT2D eigenvalue weighted by molar-refractivity contribution is 6.04. The molecule has 30 heavy (non-hydrogen) atoms. The van der Waals surface area contributed by atoms with Crippen molar-refractivity contribution in [3.05, 3.63) is 72.1 Å². The zero-order valence-electron chi connectivity index (χ0n) is 16.6. The number of H-pyrrole nitrogens is 1. The molecule has 1 atom stereocenters. The van der Waals surface area contributed by atoms with Crippen LogP contribution in [0.15, 0.2) is 60.7 Å². The second kappa shape index (κ2) is 8.60. The van der Waals surface area contributed by atoms with E-state index in [1.807, 2.05) is 60.7 Å². The Morgan fingerprint density at radius 1 is 1.03 bits per heavy atom. The van der Waals surface area contributed by atoms with Crippen LogP contribution in [0.1, 0.15) is 17.3 Å². The van der Waals surface area contributed by atoms with Crippen LogP contribution in [0.2, 0.25) is 0 Å². The number of methoxy groups -OCH3 is 2. The number of nitrogens with zero attached hydrogens (tertiary/aromatic N) is 3. The molecule has 1 amide bonds. The van der Waals surface area contributed by atoms with Gasteiger partial charge in [-0.15, -0.1) is 10.2 Å². The third kappa shape index (κ3) is 3.93. The van der Waals surface area contributed by atoms with Crippen molar-refractivity contribution in [2.75, 3.05) is 19.5 Å². The number of carbonyl (C=O) groups is 1. The number of aromatic nitrogens is 4. The van der Waals surface area contributed by atoms with E-state index in [-0.39, 0.29) is 5.91 Å². The number of nitrogens with one attached hydrogen (secondary N) is 2. The van der Waals surface area contributed by atoms with Crippen LogP contribution < -0.4 is 14.8 Å². The topological polar surface area (TPSA) is 102 Å². The number of aromatic amines is 1. The van der Waals surface area contributed by atoms with Gasteiger partial charge in [-0.1, -0.05) is 47.7 Å². The lowest BCUT2D eigenvalue weighted by Crippen LogP contribution is -2.24. The maximum Gasteiger partial charge on any atom is 0.235 e. The highest BCUT2D eigenvalue weighted by Gasteiger charge is 2.26. The average molecular weight is 403 g/mol. The molecule has 0 aliphatic rings. The lowest BCUT2D eigenvalue weighted by molar-refractivity contribution is -0.117. The molecule has 4 aromatic rings. The molecular weight excluding hydrogens is 382 g/mol. The maximum absolute atomic E-state index is 13.2. The van der Waals surface area contributed by atoms with Crippen LogP contribution in [0.4, 0.5) is 5.69 Å². The van der Waals surface area contributed by atoms with Gasteiger partial charge in [0, 0.05) is 11.1 Å². The zero-order chi connectivity index (χ0) is 20.9. The number of fused-ring (bicyclic) bond motifs is 1. The summed E-state index contributed by atoms with van der Waals surface area (Å²) in [4.78, 5) is 13.2. The molecule has 1 aromatic heterocycles. The fourth-order valence-electron chi connectivity index (χ4n) is 3.42. The Labute approximate surface area is 173 Å². The molecule has 0 aliphatic heterocycles. The van der Waals surface area contributed by atoms with Crippen molar-refractivity contribution in [3.63, 3.8) is 0 Å². The van der Waals surface area contributed by atoms with Gasteiger partial charge in [-0.2, -0.15) is 5.21 Å². The molecular formula is C22H21N5O3. The van der Waals surface area contributed by atoms with Crippen LogP contribution in [0, 0.1) is 0 Å². The number of ether oxygens (including phenoxy) is 2. The van der Waals surface area contributed by atoms with Gasteiger partial charge in [0.15, 0.2) is 17.3 Å². The smallest absolute Gasteiger partial charge is 0.235 e. The average Bonchev–Trinajstić information content (AvgIpc) is 3.32. The van der Waals surface area contributed by atoms with E-state index in [1.54, 1.807) is 14.2 Å². The second-order valence-corrected chi connectivity index (χ2v) is 6.73.